The number of hydrogen-bond donors (Lipinski definition) is 0. The maximum atomic E-state index is 14.2. The maximum absolute atomic E-state index is 14.2. The number of methoxy groups -OCH3 is 1. The van der Waals surface area contributed by atoms with Gasteiger partial charge in [-0.3, -0.25) is 0 Å². The molecule has 0 saturated heterocycles. The van der Waals surface area contributed by atoms with Crippen LogP contribution in [0.5, 0.6) is 11.5 Å². The van der Waals surface area contributed by atoms with Crippen LogP contribution in [0, 0.1) is 23.1 Å². The van der Waals surface area contributed by atoms with Crippen molar-refractivity contribution in [1.29, 1.82) is 5.26 Å². The summed E-state index contributed by atoms with van der Waals surface area (Å²) in [6.45, 7) is 0.613. The number of halogens is 1. The molecule has 4 aromatic rings. The number of nitrogens with zero attached hydrogens (tertiary/aromatic N) is 1. The fourth-order valence-electron chi connectivity index (χ4n) is 4.00. The van der Waals surface area contributed by atoms with Crippen molar-refractivity contribution in [2.24, 2.45) is 5.92 Å². The van der Waals surface area contributed by atoms with E-state index in [4.69, 9.17) is 19.2 Å². The molecule has 1 aliphatic rings. The maximum Gasteiger partial charge on any atom is 0.344 e. The highest BCUT2D eigenvalue weighted by Gasteiger charge is 2.23. The summed E-state index contributed by atoms with van der Waals surface area (Å²) >= 11 is 0. The van der Waals surface area contributed by atoms with Gasteiger partial charge in [0.25, 0.3) is 0 Å². The first-order valence-electron chi connectivity index (χ1n) is 11.3. The van der Waals surface area contributed by atoms with Gasteiger partial charge in [-0.1, -0.05) is 24.3 Å². The summed E-state index contributed by atoms with van der Waals surface area (Å²) in [5.41, 5.74) is 1.94. The van der Waals surface area contributed by atoms with Crippen molar-refractivity contribution in [3.05, 3.63) is 93.8 Å². The van der Waals surface area contributed by atoms with Crippen LogP contribution in [0.15, 0.2) is 69.9 Å². The van der Waals surface area contributed by atoms with Crippen molar-refractivity contribution < 1.29 is 18.3 Å². The molecule has 5 rings (SSSR count). The molecule has 5 nitrogen and oxygen atoms in total. The average Bonchev–Trinajstić information content (AvgIpc) is 3.71. The Kier molecular flexibility index (Phi) is 6.07. The van der Waals surface area contributed by atoms with E-state index in [2.05, 4.69) is 6.07 Å². The molecule has 0 N–H and O–H groups in total. The van der Waals surface area contributed by atoms with Gasteiger partial charge in [-0.05, 0) is 72.9 Å². The minimum absolute atomic E-state index is 0.272. The molecule has 0 radical (unpaired) electrons. The van der Waals surface area contributed by atoms with E-state index in [0.29, 0.717) is 46.1 Å². The smallest absolute Gasteiger partial charge is 0.344 e. The number of rotatable bonds is 7. The van der Waals surface area contributed by atoms with Crippen molar-refractivity contribution in [2.75, 3.05) is 13.7 Å². The lowest BCUT2D eigenvalue weighted by Gasteiger charge is -2.13. The second kappa shape index (κ2) is 9.47. The van der Waals surface area contributed by atoms with Gasteiger partial charge in [0.2, 0.25) is 0 Å². The summed E-state index contributed by atoms with van der Waals surface area (Å²) in [5.74, 6) is 1.60. The topological polar surface area (TPSA) is 72.5 Å². The van der Waals surface area contributed by atoms with Gasteiger partial charge < -0.3 is 13.9 Å². The Morgan fingerprint density at radius 2 is 1.89 bits per heavy atom. The Balaban J connectivity index is 1.65. The number of ether oxygens (including phenoxy) is 2. The standard InChI is InChI=1S/C29H22FNO4/c1-33-26-4-2-3-21(28(26)34-17-19-5-6-19)11-14-25-27(20-9-7-18(16-31)8-10-20)24-15-22(30)12-13-23(24)29(32)35-25/h2-4,7-15,19H,5-6,17H2,1H3. The van der Waals surface area contributed by atoms with Crippen LogP contribution >= 0.6 is 0 Å². The molecule has 6 heteroatoms. The van der Waals surface area contributed by atoms with E-state index in [0.717, 1.165) is 18.4 Å². The van der Waals surface area contributed by atoms with Gasteiger partial charge in [-0.25, -0.2) is 9.18 Å². The molecule has 0 amide bonds. The van der Waals surface area contributed by atoms with Crippen LogP contribution < -0.4 is 15.1 Å². The molecule has 1 heterocycles. The Hall–Kier alpha value is -4.37. The molecule has 0 bridgehead atoms. The van der Waals surface area contributed by atoms with E-state index in [1.54, 1.807) is 43.5 Å². The Morgan fingerprint density at radius 1 is 1.09 bits per heavy atom. The first-order chi connectivity index (χ1) is 17.1. The highest BCUT2D eigenvalue weighted by Crippen LogP contribution is 2.37. The SMILES string of the molecule is COc1cccc(C=Cc2oc(=O)c3ccc(F)cc3c2-c2ccc(C#N)cc2)c1OCC1CC1. The van der Waals surface area contributed by atoms with Crippen molar-refractivity contribution >= 4 is 22.9 Å². The quantitative estimate of drug-likeness (QED) is 0.313. The lowest BCUT2D eigenvalue weighted by Crippen LogP contribution is -2.04. The third kappa shape index (κ3) is 4.67. The summed E-state index contributed by atoms with van der Waals surface area (Å²) in [4.78, 5) is 12.7. The minimum atomic E-state index is -0.562. The van der Waals surface area contributed by atoms with E-state index in [-0.39, 0.29) is 11.1 Å². The summed E-state index contributed by atoms with van der Waals surface area (Å²) in [6.07, 6.45) is 5.79. The lowest BCUT2D eigenvalue weighted by molar-refractivity contribution is 0.280. The first-order valence-corrected chi connectivity index (χ1v) is 11.3. The van der Waals surface area contributed by atoms with Crippen LogP contribution in [-0.2, 0) is 0 Å². The van der Waals surface area contributed by atoms with Crippen LogP contribution in [0.4, 0.5) is 4.39 Å². The summed E-state index contributed by atoms with van der Waals surface area (Å²) < 4.78 is 31.5. The number of para-hydroxylation sites is 1. The van der Waals surface area contributed by atoms with Gasteiger partial charge in [0.05, 0.1) is 30.7 Å². The first kappa shape index (κ1) is 22.4. The molecule has 174 valence electrons. The molecule has 1 fully saturated rings. The molecule has 0 atom stereocenters. The normalized spacial score (nSPS) is 13.2. The molecule has 0 spiro atoms. The molecule has 3 aromatic carbocycles. The fourth-order valence-corrected chi connectivity index (χ4v) is 4.00. The lowest BCUT2D eigenvalue weighted by atomic mass is 9.97. The predicted octanol–water partition coefficient (Wildman–Crippen LogP) is 6.44. The van der Waals surface area contributed by atoms with Crippen LogP contribution in [0.2, 0.25) is 0 Å². The van der Waals surface area contributed by atoms with Gasteiger partial charge in [0.1, 0.15) is 11.6 Å². The zero-order chi connectivity index (χ0) is 24.4. The molecular weight excluding hydrogens is 445 g/mol. The molecule has 1 saturated carbocycles. The summed E-state index contributed by atoms with van der Waals surface area (Å²) in [5, 5.41) is 9.87. The zero-order valence-electron chi connectivity index (χ0n) is 19.1. The second-order valence-corrected chi connectivity index (χ2v) is 8.47. The number of benzene rings is 3. The van der Waals surface area contributed by atoms with Crippen molar-refractivity contribution in [3.63, 3.8) is 0 Å². The van der Waals surface area contributed by atoms with E-state index in [1.165, 1.54) is 18.2 Å². The third-order valence-electron chi connectivity index (χ3n) is 6.03. The highest BCUT2D eigenvalue weighted by molar-refractivity contribution is 5.99. The largest absolute Gasteiger partial charge is 0.493 e. The average molecular weight is 467 g/mol. The van der Waals surface area contributed by atoms with Gasteiger partial charge in [0.15, 0.2) is 11.5 Å². The predicted molar refractivity (Wildman–Crippen MR) is 133 cm³/mol. The van der Waals surface area contributed by atoms with Crippen LogP contribution in [0.1, 0.15) is 29.7 Å². The zero-order valence-corrected chi connectivity index (χ0v) is 19.1. The molecule has 1 aliphatic carbocycles. The summed E-state index contributed by atoms with van der Waals surface area (Å²) in [7, 11) is 1.59. The van der Waals surface area contributed by atoms with Gasteiger partial charge >= 0.3 is 5.63 Å². The second-order valence-electron chi connectivity index (χ2n) is 8.47. The minimum Gasteiger partial charge on any atom is -0.493 e. The molecule has 35 heavy (non-hydrogen) atoms. The monoisotopic (exact) mass is 467 g/mol. The Bertz CT molecular complexity index is 1530. The Morgan fingerprint density at radius 3 is 2.60 bits per heavy atom. The number of fused-ring (bicyclic) bond motifs is 1. The molecule has 0 unspecified atom stereocenters. The van der Waals surface area contributed by atoms with Gasteiger partial charge in [0, 0.05) is 16.5 Å². The highest BCUT2D eigenvalue weighted by atomic mass is 19.1. The van der Waals surface area contributed by atoms with E-state index < -0.39 is 11.4 Å². The van der Waals surface area contributed by atoms with Crippen molar-refractivity contribution in [3.8, 4) is 28.7 Å². The molecule has 0 aliphatic heterocycles. The van der Waals surface area contributed by atoms with E-state index >= 15 is 0 Å². The third-order valence-corrected chi connectivity index (χ3v) is 6.03. The molecular formula is C29H22FNO4. The van der Waals surface area contributed by atoms with Crippen LogP contribution in [0.25, 0.3) is 34.1 Å². The fraction of sp³-hybridized carbons (Fsp3) is 0.172. The van der Waals surface area contributed by atoms with E-state index in [1.807, 2.05) is 18.2 Å². The van der Waals surface area contributed by atoms with Gasteiger partial charge in [-0.2, -0.15) is 5.26 Å². The number of nitriles is 1. The Labute approximate surface area is 201 Å². The number of hydrogen-bond acceptors (Lipinski definition) is 5. The van der Waals surface area contributed by atoms with E-state index in [9.17, 15) is 9.18 Å². The molecule has 1 aromatic heterocycles. The van der Waals surface area contributed by atoms with Crippen LogP contribution in [-0.4, -0.2) is 13.7 Å². The van der Waals surface area contributed by atoms with Crippen molar-refractivity contribution in [2.45, 2.75) is 12.8 Å². The van der Waals surface area contributed by atoms with Crippen molar-refractivity contribution in [1.82, 2.24) is 0 Å². The van der Waals surface area contributed by atoms with Crippen LogP contribution in [0.3, 0.4) is 0 Å². The van der Waals surface area contributed by atoms with Gasteiger partial charge in [-0.15, -0.1) is 0 Å². The summed E-state index contributed by atoms with van der Waals surface area (Å²) in [6, 6.07) is 18.5.